The lowest BCUT2D eigenvalue weighted by Gasteiger charge is -2.24. The number of nitrogens with zero attached hydrogens (tertiary/aromatic N) is 2. The van der Waals surface area contributed by atoms with Crippen LogP contribution in [0.1, 0.15) is 62.5 Å². The zero-order valence-corrected chi connectivity index (χ0v) is 13.2. The largest absolute Gasteiger partial charge is 0.378 e. The zero-order valence-electron chi connectivity index (χ0n) is 13.2. The van der Waals surface area contributed by atoms with Crippen LogP contribution in [0, 0.1) is 0 Å². The Hall–Kier alpha value is -1.16. The standard InChI is InChI=1S/C17H27N3O/c1-2-10-18-17-14-8-3-4-9-15(14)19-16(20-17)12-13-7-5-6-11-21-13/h13H,2-12H2,1H3,(H,18,19,20). The number of hydrogen-bond acceptors (Lipinski definition) is 4. The van der Waals surface area contributed by atoms with E-state index >= 15 is 0 Å². The molecule has 116 valence electrons. The second-order valence-electron chi connectivity index (χ2n) is 6.24. The minimum Gasteiger partial charge on any atom is -0.378 e. The number of hydrogen-bond donors (Lipinski definition) is 1. The van der Waals surface area contributed by atoms with E-state index in [9.17, 15) is 0 Å². The Balaban J connectivity index is 1.79. The van der Waals surface area contributed by atoms with Crippen LogP contribution in [0.5, 0.6) is 0 Å². The van der Waals surface area contributed by atoms with E-state index in [1.807, 2.05) is 0 Å². The van der Waals surface area contributed by atoms with Crippen LogP contribution in [0.4, 0.5) is 5.82 Å². The van der Waals surface area contributed by atoms with E-state index in [-0.39, 0.29) is 0 Å². The van der Waals surface area contributed by atoms with Crippen molar-refractivity contribution >= 4 is 5.82 Å². The van der Waals surface area contributed by atoms with E-state index in [0.717, 1.165) is 56.9 Å². The van der Waals surface area contributed by atoms with Gasteiger partial charge in [-0.1, -0.05) is 6.92 Å². The summed E-state index contributed by atoms with van der Waals surface area (Å²) in [4.78, 5) is 9.66. The van der Waals surface area contributed by atoms with Crippen molar-refractivity contribution in [1.29, 1.82) is 0 Å². The van der Waals surface area contributed by atoms with Crippen molar-refractivity contribution in [3.8, 4) is 0 Å². The Morgan fingerprint density at radius 1 is 1.14 bits per heavy atom. The Labute approximate surface area is 127 Å². The number of fused-ring (bicyclic) bond motifs is 1. The van der Waals surface area contributed by atoms with E-state index in [4.69, 9.17) is 14.7 Å². The normalized spacial score (nSPS) is 21.9. The van der Waals surface area contributed by atoms with Crippen molar-refractivity contribution in [1.82, 2.24) is 9.97 Å². The van der Waals surface area contributed by atoms with Crippen molar-refractivity contribution in [2.75, 3.05) is 18.5 Å². The molecule has 1 aromatic heterocycles. The molecule has 0 aromatic carbocycles. The van der Waals surface area contributed by atoms with Crippen LogP contribution in [0.2, 0.25) is 0 Å². The molecule has 3 rings (SSSR count). The van der Waals surface area contributed by atoms with Gasteiger partial charge in [-0.15, -0.1) is 0 Å². The highest BCUT2D eigenvalue weighted by Gasteiger charge is 2.20. The van der Waals surface area contributed by atoms with Crippen molar-refractivity contribution in [3.05, 3.63) is 17.1 Å². The summed E-state index contributed by atoms with van der Waals surface area (Å²) in [6, 6.07) is 0. The van der Waals surface area contributed by atoms with Gasteiger partial charge in [0.05, 0.1) is 6.10 Å². The van der Waals surface area contributed by atoms with E-state index in [0.29, 0.717) is 6.10 Å². The molecule has 21 heavy (non-hydrogen) atoms. The highest BCUT2D eigenvalue weighted by Crippen LogP contribution is 2.26. The van der Waals surface area contributed by atoms with E-state index in [1.54, 1.807) is 0 Å². The SMILES string of the molecule is CCCNc1nc(CC2CCCCO2)nc2c1CCCC2. The Kier molecular flexibility index (Phi) is 5.07. The summed E-state index contributed by atoms with van der Waals surface area (Å²) in [5.41, 5.74) is 2.64. The molecule has 0 amide bonds. The molecule has 0 spiro atoms. The molecule has 1 saturated heterocycles. The lowest BCUT2D eigenvalue weighted by atomic mass is 9.96. The quantitative estimate of drug-likeness (QED) is 0.903. The maximum atomic E-state index is 5.85. The lowest BCUT2D eigenvalue weighted by molar-refractivity contribution is 0.0156. The van der Waals surface area contributed by atoms with Crippen molar-refractivity contribution in [2.45, 2.75) is 70.8 Å². The first-order valence-electron chi connectivity index (χ1n) is 8.61. The summed E-state index contributed by atoms with van der Waals surface area (Å²) in [6.45, 7) is 4.08. The van der Waals surface area contributed by atoms with Gasteiger partial charge in [-0.05, 0) is 51.4 Å². The van der Waals surface area contributed by atoms with Crippen LogP contribution in [0.3, 0.4) is 0 Å². The van der Waals surface area contributed by atoms with Crippen molar-refractivity contribution < 1.29 is 4.74 Å². The molecule has 1 fully saturated rings. The fourth-order valence-electron chi connectivity index (χ4n) is 3.30. The summed E-state index contributed by atoms with van der Waals surface area (Å²) in [6.07, 6.45) is 10.7. The summed E-state index contributed by atoms with van der Waals surface area (Å²) >= 11 is 0. The van der Waals surface area contributed by atoms with Gasteiger partial charge in [0.2, 0.25) is 0 Å². The minimum absolute atomic E-state index is 0.319. The monoisotopic (exact) mass is 289 g/mol. The molecule has 1 unspecified atom stereocenters. The lowest BCUT2D eigenvalue weighted by Crippen LogP contribution is -2.24. The van der Waals surface area contributed by atoms with Gasteiger partial charge in [0.1, 0.15) is 11.6 Å². The minimum atomic E-state index is 0.319. The maximum Gasteiger partial charge on any atom is 0.133 e. The van der Waals surface area contributed by atoms with Gasteiger partial charge < -0.3 is 10.1 Å². The molecule has 1 atom stereocenters. The maximum absolute atomic E-state index is 5.85. The molecule has 0 bridgehead atoms. The second-order valence-corrected chi connectivity index (χ2v) is 6.24. The number of anilines is 1. The summed E-state index contributed by atoms with van der Waals surface area (Å²) in [5.74, 6) is 2.06. The summed E-state index contributed by atoms with van der Waals surface area (Å²) in [7, 11) is 0. The fourth-order valence-corrected chi connectivity index (χ4v) is 3.30. The fraction of sp³-hybridized carbons (Fsp3) is 0.765. The van der Waals surface area contributed by atoms with Crippen LogP contribution in [-0.2, 0) is 24.0 Å². The first-order chi connectivity index (χ1) is 10.4. The third-order valence-electron chi connectivity index (χ3n) is 4.46. The van der Waals surface area contributed by atoms with Crippen molar-refractivity contribution in [3.63, 3.8) is 0 Å². The third kappa shape index (κ3) is 3.73. The molecular formula is C17H27N3O. The first-order valence-corrected chi connectivity index (χ1v) is 8.61. The number of rotatable bonds is 5. The van der Waals surface area contributed by atoms with Crippen LogP contribution in [0.15, 0.2) is 0 Å². The van der Waals surface area contributed by atoms with Gasteiger partial charge in [-0.3, -0.25) is 0 Å². The van der Waals surface area contributed by atoms with Crippen LogP contribution >= 0.6 is 0 Å². The van der Waals surface area contributed by atoms with Crippen LogP contribution < -0.4 is 5.32 Å². The predicted molar refractivity (Wildman–Crippen MR) is 84.7 cm³/mol. The Bertz CT molecular complexity index is 469. The summed E-state index contributed by atoms with van der Waals surface area (Å²) in [5, 5.41) is 3.51. The Morgan fingerprint density at radius 3 is 2.86 bits per heavy atom. The highest BCUT2D eigenvalue weighted by atomic mass is 16.5. The summed E-state index contributed by atoms with van der Waals surface area (Å²) < 4.78 is 5.85. The first kappa shape index (κ1) is 14.8. The molecule has 4 nitrogen and oxygen atoms in total. The van der Waals surface area contributed by atoms with Gasteiger partial charge >= 0.3 is 0 Å². The molecule has 1 aliphatic heterocycles. The van der Waals surface area contributed by atoms with Gasteiger partial charge in [-0.2, -0.15) is 0 Å². The van der Waals surface area contributed by atoms with Gasteiger partial charge in [0, 0.05) is 30.8 Å². The van der Waals surface area contributed by atoms with Gasteiger partial charge in [0.25, 0.3) is 0 Å². The molecular weight excluding hydrogens is 262 g/mol. The molecule has 4 heteroatoms. The van der Waals surface area contributed by atoms with Crippen LogP contribution in [0.25, 0.3) is 0 Å². The number of ether oxygens (including phenoxy) is 1. The highest BCUT2D eigenvalue weighted by molar-refractivity contribution is 5.47. The van der Waals surface area contributed by atoms with E-state index in [1.165, 1.54) is 36.9 Å². The predicted octanol–water partition coefficient (Wildman–Crippen LogP) is 3.29. The Morgan fingerprint density at radius 2 is 2.05 bits per heavy atom. The molecule has 1 N–H and O–H groups in total. The molecule has 1 aliphatic carbocycles. The molecule has 1 aromatic rings. The number of aryl methyl sites for hydroxylation is 1. The molecule has 0 radical (unpaired) electrons. The molecule has 0 saturated carbocycles. The van der Waals surface area contributed by atoms with Crippen molar-refractivity contribution in [2.24, 2.45) is 0 Å². The molecule has 2 heterocycles. The number of nitrogens with one attached hydrogen (secondary N) is 1. The average Bonchev–Trinajstić information content (AvgIpc) is 2.53. The third-order valence-corrected chi connectivity index (χ3v) is 4.46. The van der Waals surface area contributed by atoms with Gasteiger partial charge in [0.15, 0.2) is 0 Å². The topological polar surface area (TPSA) is 47.0 Å². The van der Waals surface area contributed by atoms with Gasteiger partial charge in [-0.25, -0.2) is 9.97 Å². The van der Waals surface area contributed by atoms with E-state index < -0.39 is 0 Å². The van der Waals surface area contributed by atoms with Crippen LogP contribution in [-0.4, -0.2) is 29.2 Å². The smallest absolute Gasteiger partial charge is 0.133 e. The zero-order chi connectivity index (χ0) is 14.5. The van der Waals surface area contributed by atoms with E-state index in [2.05, 4.69) is 12.2 Å². The molecule has 2 aliphatic rings. The average molecular weight is 289 g/mol. The number of aromatic nitrogens is 2. The second kappa shape index (κ2) is 7.21.